The number of carbonyl (C=O) groups is 1. The summed E-state index contributed by atoms with van der Waals surface area (Å²) in [5.41, 5.74) is 1.45. The third-order valence-electron chi connectivity index (χ3n) is 5.19. The van der Waals surface area contributed by atoms with Crippen LogP contribution in [0.25, 0.3) is 11.0 Å². The molecule has 1 aromatic heterocycles. The molecule has 0 radical (unpaired) electrons. The first-order valence-electron chi connectivity index (χ1n) is 7.74. The molecule has 3 saturated heterocycles. The van der Waals surface area contributed by atoms with Crippen molar-refractivity contribution in [2.24, 2.45) is 5.92 Å². The Kier molecular flexibility index (Phi) is 3.00. The molecule has 3 aliphatic rings. The Bertz CT molecular complexity index is 668. The van der Waals surface area contributed by atoms with E-state index < -0.39 is 0 Å². The van der Waals surface area contributed by atoms with Crippen molar-refractivity contribution in [3.8, 4) is 0 Å². The monoisotopic (exact) mass is 284 g/mol. The van der Waals surface area contributed by atoms with Gasteiger partial charge in [-0.3, -0.25) is 9.69 Å². The van der Waals surface area contributed by atoms with Crippen LogP contribution in [0.5, 0.6) is 0 Å². The maximum atomic E-state index is 12.5. The van der Waals surface area contributed by atoms with E-state index in [1.807, 2.05) is 24.3 Å². The van der Waals surface area contributed by atoms with Gasteiger partial charge in [0.05, 0.1) is 6.26 Å². The number of furan rings is 1. The molecule has 1 amide bonds. The fourth-order valence-electron chi connectivity index (χ4n) is 3.88. The van der Waals surface area contributed by atoms with E-state index in [1.54, 1.807) is 6.26 Å². The van der Waals surface area contributed by atoms with Crippen LogP contribution in [0.2, 0.25) is 0 Å². The smallest absolute Gasteiger partial charge is 0.251 e. The molecule has 0 saturated carbocycles. The third kappa shape index (κ3) is 2.14. The SMILES string of the molecule is C[C@H]1[C@H](NC(=O)c2ccc3ccoc3c2)C2CCN1CC2. The van der Waals surface area contributed by atoms with Crippen molar-refractivity contribution >= 4 is 16.9 Å². The van der Waals surface area contributed by atoms with Crippen LogP contribution in [0.15, 0.2) is 34.9 Å². The zero-order valence-corrected chi connectivity index (χ0v) is 12.2. The van der Waals surface area contributed by atoms with E-state index in [2.05, 4.69) is 17.1 Å². The average molecular weight is 284 g/mol. The molecule has 4 heteroatoms. The molecule has 1 aromatic carbocycles. The number of amides is 1. The second-order valence-electron chi connectivity index (χ2n) is 6.29. The predicted octanol–water partition coefficient (Wildman–Crippen LogP) is 2.65. The van der Waals surface area contributed by atoms with Gasteiger partial charge in [0.2, 0.25) is 0 Å². The molecule has 4 nitrogen and oxygen atoms in total. The van der Waals surface area contributed by atoms with Gasteiger partial charge in [0.25, 0.3) is 5.91 Å². The van der Waals surface area contributed by atoms with Crippen LogP contribution in [0.4, 0.5) is 0 Å². The minimum Gasteiger partial charge on any atom is -0.464 e. The fourth-order valence-corrected chi connectivity index (χ4v) is 3.88. The second-order valence-corrected chi connectivity index (χ2v) is 6.29. The molecular weight excluding hydrogens is 264 g/mol. The van der Waals surface area contributed by atoms with Gasteiger partial charge in [0.15, 0.2) is 0 Å². The molecule has 110 valence electrons. The van der Waals surface area contributed by atoms with Crippen molar-refractivity contribution in [2.75, 3.05) is 13.1 Å². The standard InChI is InChI=1S/C17H20N2O2/c1-11-16(13-4-7-19(11)8-5-13)18-17(20)14-3-2-12-6-9-21-15(12)10-14/h2-3,6,9-11,13,16H,4-5,7-8H2,1H3,(H,18,20)/t11-,16-/m0/s1. The Morgan fingerprint density at radius 1 is 1.29 bits per heavy atom. The molecule has 2 aromatic rings. The van der Waals surface area contributed by atoms with Gasteiger partial charge >= 0.3 is 0 Å². The van der Waals surface area contributed by atoms with Crippen molar-refractivity contribution in [1.82, 2.24) is 10.2 Å². The Labute approximate surface area is 124 Å². The first kappa shape index (κ1) is 12.9. The zero-order chi connectivity index (χ0) is 14.4. The number of fused-ring (bicyclic) bond motifs is 4. The van der Waals surface area contributed by atoms with E-state index in [1.165, 1.54) is 25.9 Å². The summed E-state index contributed by atoms with van der Waals surface area (Å²) in [6, 6.07) is 8.26. The number of rotatable bonds is 2. The number of hydrogen-bond acceptors (Lipinski definition) is 3. The normalized spacial score (nSPS) is 31.5. The second kappa shape index (κ2) is 4.88. The van der Waals surface area contributed by atoms with E-state index in [4.69, 9.17) is 4.42 Å². The molecule has 3 aliphatic heterocycles. The van der Waals surface area contributed by atoms with Crippen molar-refractivity contribution < 1.29 is 9.21 Å². The van der Waals surface area contributed by atoms with Crippen LogP contribution >= 0.6 is 0 Å². The number of carbonyl (C=O) groups excluding carboxylic acids is 1. The maximum absolute atomic E-state index is 12.5. The molecule has 2 bridgehead atoms. The number of benzene rings is 1. The predicted molar refractivity (Wildman–Crippen MR) is 81.2 cm³/mol. The van der Waals surface area contributed by atoms with Crippen molar-refractivity contribution in [3.05, 3.63) is 36.1 Å². The van der Waals surface area contributed by atoms with E-state index in [0.29, 0.717) is 17.5 Å². The van der Waals surface area contributed by atoms with Crippen LogP contribution in [0.1, 0.15) is 30.1 Å². The van der Waals surface area contributed by atoms with Crippen molar-refractivity contribution in [3.63, 3.8) is 0 Å². The Hall–Kier alpha value is -1.81. The lowest BCUT2D eigenvalue weighted by molar-refractivity contribution is 0.0217. The Morgan fingerprint density at radius 2 is 2.10 bits per heavy atom. The van der Waals surface area contributed by atoms with E-state index >= 15 is 0 Å². The average Bonchev–Trinajstić information content (AvgIpc) is 2.98. The molecule has 0 spiro atoms. The fraction of sp³-hybridized carbons (Fsp3) is 0.471. The Morgan fingerprint density at radius 3 is 2.86 bits per heavy atom. The molecule has 1 N–H and O–H groups in total. The molecule has 4 heterocycles. The van der Waals surface area contributed by atoms with Crippen molar-refractivity contribution in [1.29, 1.82) is 0 Å². The topological polar surface area (TPSA) is 45.5 Å². The summed E-state index contributed by atoms with van der Waals surface area (Å²) < 4.78 is 5.38. The minimum atomic E-state index is 0.0129. The zero-order valence-electron chi connectivity index (χ0n) is 12.2. The number of nitrogens with zero attached hydrogens (tertiary/aromatic N) is 1. The Balaban J connectivity index is 1.54. The summed E-state index contributed by atoms with van der Waals surface area (Å²) in [4.78, 5) is 15.0. The highest BCUT2D eigenvalue weighted by atomic mass is 16.3. The molecule has 0 unspecified atom stereocenters. The summed E-state index contributed by atoms with van der Waals surface area (Å²) in [6.45, 7) is 4.58. The lowest BCUT2D eigenvalue weighted by Crippen LogP contribution is -2.62. The molecule has 2 atom stereocenters. The van der Waals surface area contributed by atoms with Gasteiger partial charge in [-0.05, 0) is 57.0 Å². The highest BCUT2D eigenvalue weighted by Gasteiger charge is 2.40. The van der Waals surface area contributed by atoms with E-state index in [-0.39, 0.29) is 11.9 Å². The summed E-state index contributed by atoms with van der Waals surface area (Å²) in [5, 5.41) is 4.28. The van der Waals surface area contributed by atoms with Crippen LogP contribution in [-0.2, 0) is 0 Å². The summed E-state index contributed by atoms with van der Waals surface area (Å²) >= 11 is 0. The third-order valence-corrected chi connectivity index (χ3v) is 5.19. The van der Waals surface area contributed by atoms with Gasteiger partial charge in [-0.1, -0.05) is 6.07 Å². The van der Waals surface area contributed by atoms with Gasteiger partial charge in [-0.15, -0.1) is 0 Å². The first-order valence-corrected chi connectivity index (χ1v) is 7.74. The minimum absolute atomic E-state index is 0.0129. The lowest BCUT2D eigenvalue weighted by Gasteiger charge is -2.49. The van der Waals surface area contributed by atoms with Crippen LogP contribution in [0, 0.1) is 5.92 Å². The van der Waals surface area contributed by atoms with Crippen LogP contribution < -0.4 is 5.32 Å². The highest BCUT2D eigenvalue weighted by Crippen LogP contribution is 2.32. The van der Waals surface area contributed by atoms with E-state index in [0.717, 1.165) is 11.0 Å². The first-order chi connectivity index (χ1) is 10.2. The highest BCUT2D eigenvalue weighted by molar-refractivity contribution is 5.97. The lowest BCUT2D eigenvalue weighted by atomic mass is 9.79. The molecule has 21 heavy (non-hydrogen) atoms. The number of nitrogens with one attached hydrogen (secondary N) is 1. The quantitative estimate of drug-likeness (QED) is 0.922. The van der Waals surface area contributed by atoms with Gasteiger partial charge in [-0.25, -0.2) is 0 Å². The number of hydrogen-bond donors (Lipinski definition) is 1. The maximum Gasteiger partial charge on any atom is 0.251 e. The van der Waals surface area contributed by atoms with E-state index in [9.17, 15) is 4.79 Å². The van der Waals surface area contributed by atoms with Crippen LogP contribution in [0.3, 0.4) is 0 Å². The van der Waals surface area contributed by atoms with Crippen molar-refractivity contribution in [2.45, 2.75) is 31.8 Å². The van der Waals surface area contributed by atoms with Gasteiger partial charge in [0.1, 0.15) is 5.58 Å². The van der Waals surface area contributed by atoms with Gasteiger partial charge < -0.3 is 9.73 Å². The number of piperidine rings is 3. The summed E-state index contributed by atoms with van der Waals surface area (Å²) in [5.74, 6) is 0.639. The molecular formula is C17H20N2O2. The van der Waals surface area contributed by atoms with Crippen LogP contribution in [-0.4, -0.2) is 36.0 Å². The summed E-state index contributed by atoms with van der Waals surface area (Å²) in [7, 11) is 0. The largest absolute Gasteiger partial charge is 0.464 e. The molecule has 5 rings (SSSR count). The van der Waals surface area contributed by atoms with Gasteiger partial charge in [0, 0.05) is 23.0 Å². The van der Waals surface area contributed by atoms with Gasteiger partial charge in [-0.2, -0.15) is 0 Å². The summed E-state index contributed by atoms with van der Waals surface area (Å²) in [6.07, 6.45) is 4.06. The molecule has 3 fully saturated rings. The molecule has 0 aliphatic carbocycles.